The number of anilines is 3. The van der Waals surface area contributed by atoms with E-state index in [1.807, 2.05) is 61.7 Å². The summed E-state index contributed by atoms with van der Waals surface area (Å²) in [4.78, 5) is 22.4. The van der Waals surface area contributed by atoms with Crippen LogP contribution in [0.1, 0.15) is 24.3 Å². The number of aryl methyl sites for hydroxylation is 1. The highest BCUT2D eigenvalue weighted by Gasteiger charge is 2.23. The van der Waals surface area contributed by atoms with E-state index in [0.29, 0.717) is 13.2 Å². The van der Waals surface area contributed by atoms with Gasteiger partial charge in [-0.15, -0.1) is 0 Å². The monoisotopic (exact) mass is 447 g/mol. The zero-order valence-electron chi connectivity index (χ0n) is 19.0. The van der Waals surface area contributed by atoms with Gasteiger partial charge in [-0.1, -0.05) is 6.07 Å². The van der Waals surface area contributed by atoms with Crippen LogP contribution in [0.2, 0.25) is 0 Å². The minimum Gasteiger partial charge on any atom is -0.492 e. The van der Waals surface area contributed by atoms with Gasteiger partial charge in [-0.3, -0.25) is 14.7 Å². The molecule has 1 amide bonds. The standard InChI is InChI=1S/C25H29N5O3/c1-18-4-3-11-26-25(18)29-21-7-10-23(27-16-21)24-17-30(13-15-33-24)12-14-32-22-8-5-20(6-9-22)28-19(2)31/h3-11,16,24H,12-15,17H2,1-2H3,(H,26,29)(H,28,31). The lowest BCUT2D eigenvalue weighted by Crippen LogP contribution is -2.40. The third-order valence-electron chi connectivity index (χ3n) is 5.39. The van der Waals surface area contributed by atoms with Crippen molar-refractivity contribution in [2.45, 2.75) is 20.0 Å². The molecule has 0 bridgehead atoms. The van der Waals surface area contributed by atoms with Gasteiger partial charge in [-0.2, -0.15) is 0 Å². The Balaban J connectivity index is 1.26. The second kappa shape index (κ2) is 10.9. The first-order valence-electron chi connectivity index (χ1n) is 11.1. The molecule has 1 fully saturated rings. The van der Waals surface area contributed by atoms with Crippen molar-refractivity contribution in [2.24, 2.45) is 0 Å². The molecule has 1 atom stereocenters. The zero-order valence-corrected chi connectivity index (χ0v) is 19.0. The molecule has 2 N–H and O–H groups in total. The second-order valence-corrected chi connectivity index (χ2v) is 7.98. The van der Waals surface area contributed by atoms with Gasteiger partial charge in [-0.25, -0.2) is 4.98 Å². The maximum absolute atomic E-state index is 11.1. The zero-order chi connectivity index (χ0) is 23.0. The number of aromatic nitrogens is 2. The van der Waals surface area contributed by atoms with Crippen LogP contribution in [0, 0.1) is 6.92 Å². The van der Waals surface area contributed by atoms with Crippen LogP contribution in [0.4, 0.5) is 17.2 Å². The summed E-state index contributed by atoms with van der Waals surface area (Å²) in [6.07, 6.45) is 3.52. The maximum atomic E-state index is 11.1. The molecule has 0 spiro atoms. The lowest BCUT2D eigenvalue weighted by molar-refractivity contribution is -0.114. The number of hydrogen-bond acceptors (Lipinski definition) is 7. The Morgan fingerprint density at radius 1 is 1.15 bits per heavy atom. The lowest BCUT2D eigenvalue weighted by atomic mass is 10.2. The SMILES string of the molecule is CC(=O)Nc1ccc(OCCN2CCOC(c3ccc(Nc4ncccc4C)cn3)C2)cc1. The van der Waals surface area contributed by atoms with E-state index >= 15 is 0 Å². The molecule has 0 radical (unpaired) electrons. The predicted molar refractivity (Wildman–Crippen MR) is 128 cm³/mol. The number of ether oxygens (including phenoxy) is 2. The van der Waals surface area contributed by atoms with E-state index < -0.39 is 0 Å². The van der Waals surface area contributed by atoms with Crippen LogP contribution in [0.5, 0.6) is 5.75 Å². The number of pyridine rings is 2. The number of morpholine rings is 1. The molecule has 2 aromatic heterocycles. The van der Waals surface area contributed by atoms with Crippen molar-refractivity contribution >= 4 is 23.1 Å². The van der Waals surface area contributed by atoms with Crippen LogP contribution < -0.4 is 15.4 Å². The lowest BCUT2D eigenvalue weighted by Gasteiger charge is -2.32. The highest BCUT2D eigenvalue weighted by Crippen LogP contribution is 2.23. The third kappa shape index (κ3) is 6.50. The average Bonchev–Trinajstić information content (AvgIpc) is 2.82. The van der Waals surface area contributed by atoms with Gasteiger partial charge in [0.05, 0.1) is 24.2 Å². The van der Waals surface area contributed by atoms with Crippen LogP contribution in [0.25, 0.3) is 0 Å². The highest BCUT2D eigenvalue weighted by atomic mass is 16.5. The van der Waals surface area contributed by atoms with Crippen molar-refractivity contribution in [3.8, 4) is 5.75 Å². The van der Waals surface area contributed by atoms with Gasteiger partial charge in [-0.05, 0) is 55.0 Å². The Hall–Kier alpha value is -3.49. The molecule has 8 heteroatoms. The first-order valence-corrected chi connectivity index (χ1v) is 11.1. The molecule has 1 aliphatic heterocycles. The largest absolute Gasteiger partial charge is 0.492 e. The van der Waals surface area contributed by atoms with Crippen LogP contribution in [0.3, 0.4) is 0 Å². The molecule has 4 rings (SSSR count). The molecule has 172 valence electrons. The van der Waals surface area contributed by atoms with Gasteiger partial charge in [0, 0.05) is 38.4 Å². The summed E-state index contributed by atoms with van der Waals surface area (Å²) < 4.78 is 11.8. The molecule has 1 saturated heterocycles. The normalized spacial score (nSPS) is 16.2. The minimum atomic E-state index is -0.0887. The van der Waals surface area contributed by atoms with E-state index in [9.17, 15) is 4.79 Å². The number of carbonyl (C=O) groups is 1. The second-order valence-electron chi connectivity index (χ2n) is 7.98. The van der Waals surface area contributed by atoms with Crippen molar-refractivity contribution in [3.63, 3.8) is 0 Å². The van der Waals surface area contributed by atoms with Gasteiger partial charge in [0.2, 0.25) is 5.91 Å². The summed E-state index contributed by atoms with van der Waals surface area (Å²) in [6.45, 7) is 7.17. The molecular formula is C25H29N5O3. The van der Waals surface area contributed by atoms with Crippen molar-refractivity contribution < 1.29 is 14.3 Å². The molecule has 1 unspecified atom stereocenters. The Morgan fingerprint density at radius 3 is 2.70 bits per heavy atom. The molecule has 0 saturated carbocycles. The molecule has 33 heavy (non-hydrogen) atoms. The number of amides is 1. The average molecular weight is 448 g/mol. The summed E-state index contributed by atoms with van der Waals surface area (Å²) in [5.74, 6) is 1.52. The first-order chi connectivity index (χ1) is 16.1. The fourth-order valence-corrected chi connectivity index (χ4v) is 3.64. The van der Waals surface area contributed by atoms with E-state index in [1.165, 1.54) is 6.92 Å². The van der Waals surface area contributed by atoms with Gasteiger partial charge in [0.25, 0.3) is 0 Å². The number of benzene rings is 1. The van der Waals surface area contributed by atoms with E-state index in [0.717, 1.165) is 53.8 Å². The van der Waals surface area contributed by atoms with Crippen molar-refractivity contribution in [1.29, 1.82) is 0 Å². The summed E-state index contributed by atoms with van der Waals surface area (Å²) in [5, 5.41) is 6.05. The van der Waals surface area contributed by atoms with Gasteiger partial charge in [0.1, 0.15) is 24.3 Å². The highest BCUT2D eigenvalue weighted by molar-refractivity contribution is 5.88. The van der Waals surface area contributed by atoms with E-state index in [2.05, 4.69) is 25.5 Å². The fourth-order valence-electron chi connectivity index (χ4n) is 3.64. The van der Waals surface area contributed by atoms with Crippen LogP contribution in [0.15, 0.2) is 60.9 Å². The summed E-state index contributed by atoms with van der Waals surface area (Å²) >= 11 is 0. The van der Waals surface area contributed by atoms with Crippen molar-refractivity contribution in [3.05, 3.63) is 72.2 Å². The molecule has 1 aromatic carbocycles. The topological polar surface area (TPSA) is 88.6 Å². The number of carbonyl (C=O) groups excluding carboxylic acids is 1. The summed E-state index contributed by atoms with van der Waals surface area (Å²) in [6, 6.07) is 15.3. The molecular weight excluding hydrogens is 418 g/mol. The molecule has 3 heterocycles. The quantitative estimate of drug-likeness (QED) is 0.541. The number of hydrogen-bond donors (Lipinski definition) is 2. The van der Waals surface area contributed by atoms with Gasteiger partial charge >= 0.3 is 0 Å². The summed E-state index contributed by atoms with van der Waals surface area (Å²) in [7, 11) is 0. The van der Waals surface area contributed by atoms with Crippen LogP contribution in [-0.4, -0.2) is 53.6 Å². The van der Waals surface area contributed by atoms with Gasteiger partial charge in [0.15, 0.2) is 0 Å². The predicted octanol–water partition coefficient (Wildman–Crippen LogP) is 3.94. The molecule has 8 nitrogen and oxygen atoms in total. The van der Waals surface area contributed by atoms with Crippen molar-refractivity contribution in [2.75, 3.05) is 43.5 Å². The minimum absolute atomic E-state index is 0.0682. The van der Waals surface area contributed by atoms with Crippen molar-refractivity contribution in [1.82, 2.24) is 14.9 Å². The third-order valence-corrected chi connectivity index (χ3v) is 5.39. The van der Waals surface area contributed by atoms with Gasteiger partial charge < -0.3 is 20.1 Å². The maximum Gasteiger partial charge on any atom is 0.221 e. The number of nitrogens with one attached hydrogen (secondary N) is 2. The number of nitrogens with zero attached hydrogens (tertiary/aromatic N) is 3. The van der Waals surface area contributed by atoms with E-state index in [4.69, 9.17) is 9.47 Å². The Bertz CT molecular complexity index is 1060. The molecule has 0 aliphatic carbocycles. The molecule has 3 aromatic rings. The Kier molecular flexibility index (Phi) is 7.49. The Labute approximate surface area is 194 Å². The van der Waals surface area contributed by atoms with Crippen LogP contribution >= 0.6 is 0 Å². The first kappa shape index (κ1) is 22.7. The van der Waals surface area contributed by atoms with E-state index in [-0.39, 0.29) is 12.0 Å². The molecule has 1 aliphatic rings. The fraction of sp³-hybridized carbons (Fsp3) is 0.320. The Morgan fingerprint density at radius 2 is 1.97 bits per heavy atom. The smallest absolute Gasteiger partial charge is 0.221 e. The number of rotatable bonds is 8. The van der Waals surface area contributed by atoms with E-state index in [1.54, 1.807) is 6.20 Å². The van der Waals surface area contributed by atoms with Crippen LogP contribution in [-0.2, 0) is 9.53 Å². The summed E-state index contributed by atoms with van der Waals surface area (Å²) in [5.41, 5.74) is 3.65.